The molecule has 6 aliphatic heterocycles. The quantitative estimate of drug-likeness (QED) is 0.0454. The van der Waals surface area contributed by atoms with Gasteiger partial charge in [-0.2, -0.15) is 15.0 Å². The van der Waals surface area contributed by atoms with Crippen molar-refractivity contribution in [3.63, 3.8) is 0 Å². The van der Waals surface area contributed by atoms with Crippen molar-refractivity contribution >= 4 is 71.1 Å². The topological polar surface area (TPSA) is 331 Å². The maximum absolute atomic E-state index is 12.8. The van der Waals surface area contributed by atoms with Crippen LogP contribution in [0, 0.1) is 41.4 Å². The summed E-state index contributed by atoms with van der Waals surface area (Å²) in [6.45, 7) is 26.9. The Labute approximate surface area is 816 Å². The Hall–Kier alpha value is -3.97. The molecule has 3 amide bonds. The van der Waals surface area contributed by atoms with Crippen LogP contribution < -0.4 is 38.3 Å². The summed E-state index contributed by atoms with van der Waals surface area (Å²) in [5.74, 6) is 2.22. The molecule has 135 heavy (non-hydrogen) atoms. The van der Waals surface area contributed by atoms with Gasteiger partial charge in [0.2, 0.25) is 25.4 Å². The van der Waals surface area contributed by atoms with Crippen molar-refractivity contribution in [1.29, 1.82) is 0 Å². The lowest BCUT2D eigenvalue weighted by atomic mass is 9.67. The first-order valence-electron chi connectivity index (χ1n) is 52.5. The van der Waals surface area contributed by atoms with Gasteiger partial charge in [-0.3, -0.25) is 28.1 Å². The number of aromatic nitrogens is 6. The number of carbonyl (C=O) groups is 3. The maximum atomic E-state index is 12.8. The predicted octanol–water partition coefficient (Wildman–Crippen LogP) is 20.8. The molecule has 8 aliphatic carbocycles. The van der Waals surface area contributed by atoms with Crippen LogP contribution in [0.25, 0.3) is 0 Å². The molecule has 17 rings (SSSR count). The Kier molecular flexibility index (Phi) is 43.3. The first kappa shape index (κ1) is 111. The molecule has 0 radical (unpaired) electrons. The van der Waals surface area contributed by atoms with Crippen LogP contribution in [0.4, 0.5) is 17.5 Å². The van der Waals surface area contributed by atoms with Crippen LogP contribution >= 0.6 is 35.9 Å². The largest absolute Gasteiger partial charge is 0.390 e. The van der Waals surface area contributed by atoms with E-state index in [1.54, 1.807) is 72.1 Å². The number of halogens is 1. The number of rotatable bonds is 24. The van der Waals surface area contributed by atoms with Crippen molar-refractivity contribution in [2.24, 2.45) is 41.4 Å². The lowest BCUT2D eigenvalue weighted by molar-refractivity contribution is -0.119. The molecule has 766 valence electrons. The number of ether oxygens (including phenoxy) is 3. The van der Waals surface area contributed by atoms with Gasteiger partial charge in [0, 0.05) is 79.8 Å². The average Bonchev–Trinajstić information content (AvgIpc) is 1.60. The minimum absolute atomic E-state index is 0. The first-order valence-corrected chi connectivity index (χ1v) is 56.9. The summed E-state index contributed by atoms with van der Waals surface area (Å²) in [6, 6.07) is 6.64. The fourth-order valence-corrected chi connectivity index (χ4v) is 30.2. The van der Waals surface area contributed by atoms with E-state index in [0.29, 0.717) is 67.6 Å². The Morgan fingerprint density at radius 1 is 0.452 bits per heavy atom. The summed E-state index contributed by atoms with van der Waals surface area (Å²) in [5.41, 5.74) is -1.80. The zero-order valence-corrected chi connectivity index (χ0v) is 87.6. The van der Waals surface area contributed by atoms with Crippen molar-refractivity contribution in [1.82, 2.24) is 52.9 Å². The molecule has 6 N–H and O–H groups in total. The van der Waals surface area contributed by atoms with Crippen molar-refractivity contribution in [2.75, 3.05) is 63.8 Å². The fourth-order valence-electron chi connectivity index (χ4n) is 24.3. The molecule has 3 aromatic heterocycles. The van der Waals surface area contributed by atoms with Crippen LogP contribution in [0.1, 0.15) is 379 Å². The van der Waals surface area contributed by atoms with Crippen LogP contribution in [0.3, 0.4) is 0 Å². The van der Waals surface area contributed by atoms with Crippen molar-refractivity contribution < 1.29 is 61.4 Å². The number of nitrogens with one attached hydrogen (secondary N) is 4. The maximum Gasteiger partial charge on any atom is 0.351 e. The molecule has 0 aromatic carbocycles. The molecule has 8 saturated carbocycles. The van der Waals surface area contributed by atoms with E-state index in [9.17, 15) is 39.0 Å². The summed E-state index contributed by atoms with van der Waals surface area (Å²) in [6.07, 6.45) is 51.7. The van der Waals surface area contributed by atoms with Gasteiger partial charge in [-0.1, -0.05) is 219 Å². The molecular formula is C101H174ClN14O16P3. The highest BCUT2D eigenvalue weighted by atomic mass is 35.7. The highest BCUT2D eigenvalue weighted by Gasteiger charge is 2.62. The number of amides is 3. The number of likely N-dealkylation sites (N-methyl/N-ethyl adjacent to an activating group) is 4. The Bertz CT molecular complexity index is 4160. The van der Waals surface area contributed by atoms with E-state index in [1.165, 1.54) is 245 Å². The predicted molar refractivity (Wildman–Crippen MR) is 539 cm³/mol. The second kappa shape index (κ2) is 52.5. The normalized spacial score (nSPS) is 33.7. The van der Waals surface area contributed by atoms with E-state index < -0.39 is 72.2 Å². The number of aliphatic hydroxyl groups excluding tert-OH is 1. The monoisotopic (exact) mass is 1970 g/mol. The molecule has 3 aromatic rings. The van der Waals surface area contributed by atoms with Gasteiger partial charge in [-0.05, 0) is 223 Å². The van der Waals surface area contributed by atoms with Gasteiger partial charge < -0.3 is 73.2 Å². The third kappa shape index (κ3) is 27.2. The zero-order chi connectivity index (χ0) is 96.2. The van der Waals surface area contributed by atoms with Crippen molar-refractivity contribution in [3.8, 4) is 0 Å². The molecule has 0 spiro atoms. The molecule has 14 fully saturated rings. The second-order valence-corrected chi connectivity index (χ2v) is 46.6. The lowest BCUT2D eigenvalue weighted by Crippen LogP contribution is -2.56. The lowest BCUT2D eigenvalue weighted by Gasteiger charge is -2.46. The first-order chi connectivity index (χ1) is 64.4. The number of fused-ring (bicyclic) bond motifs is 3. The molecular weight excluding hydrogens is 1790 g/mol. The average molecular weight is 1970 g/mol. The van der Waals surface area contributed by atoms with Crippen LogP contribution in [0.15, 0.2) is 51.2 Å². The Morgan fingerprint density at radius 2 is 0.763 bits per heavy atom. The molecule has 6 saturated heterocycles. The number of anilines is 3. The van der Waals surface area contributed by atoms with E-state index in [0.717, 1.165) is 44.4 Å². The van der Waals surface area contributed by atoms with E-state index in [1.807, 2.05) is 14.0 Å². The summed E-state index contributed by atoms with van der Waals surface area (Å²) in [5, 5.41) is 32.0. The van der Waals surface area contributed by atoms with E-state index >= 15 is 0 Å². The zero-order valence-electron chi connectivity index (χ0n) is 84.1. The van der Waals surface area contributed by atoms with Gasteiger partial charge in [0.05, 0.1) is 59.0 Å². The summed E-state index contributed by atoms with van der Waals surface area (Å²) < 4.78 is 63.5. The SMILES string of the molecule is C.CCN(CC)CC.CC[C@H]1O[C@@H](n2ccc(NC(=O)C(C)C)nc2=O)CC1O.CC[C@H]1O[C@@H](n2ccc(NC(=O)C(C)C)nc2=O)CC1O[P@@]1O[C@]2(C3CCCCC3)CCCC[C@@H]2N1C.CC[C@H]1O[C@@H](n2ccc(NC(=O)C(C)C)nc2=O)CC1O[P@]1O[C@]2(C3CCCCC3)CCCC[C@@H]2N1C.CN1[C@H]2CCCC[C@@]2(C2CCCCC2)OP1Cl.CN[C@@H]1CCCC[C@]1(O)C1CCCCC1. The minimum atomic E-state index is -1.19. The third-order valence-electron chi connectivity index (χ3n) is 32.2. The van der Waals surface area contributed by atoms with Crippen molar-refractivity contribution in [3.05, 3.63) is 68.2 Å². The summed E-state index contributed by atoms with van der Waals surface area (Å²) in [7, 11) is 5.31. The minimum Gasteiger partial charge on any atom is -0.390 e. The van der Waals surface area contributed by atoms with Gasteiger partial charge in [0.15, 0.2) is 0 Å². The molecule has 14 aliphatic rings. The summed E-state index contributed by atoms with van der Waals surface area (Å²) in [4.78, 5) is 87.5. The van der Waals surface area contributed by atoms with Gasteiger partial charge in [-0.25, -0.2) is 28.4 Å². The number of nitrogens with zero attached hydrogens (tertiary/aromatic N) is 10. The molecule has 0 bridgehead atoms. The third-order valence-corrected chi connectivity index (χ3v) is 37.9. The summed E-state index contributed by atoms with van der Waals surface area (Å²) >= 11 is 6.41. The molecule has 9 heterocycles. The van der Waals surface area contributed by atoms with Crippen LogP contribution in [-0.2, 0) is 51.2 Å². The smallest absolute Gasteiger partial charge is 0.351 e. The van der Waals surface area contributed by atoms with Crippen LogP contribution in [0.5, 0.6) is 0 Å². The molecule has 4 unspecified atom stereocenters. The number of carbonyl (C=O) groups excluding carboxylic acids is 3. The van der Waals surface area contributed by atoms with Gasteiger partial charge >= 0.3 is 17.1 Å². The Balaban J connectivity index is 0.000000166. The standard InChI is InChI=1S/2C27H43N4O5P.C14H21N3O4.C13H23ClNOP.C13H25NO.C6H15N.CH4/c2*1-5-20-21(17-24(34-20)31-16-14-23(29-26(31)33)28-25(32)18(2)3)35-37-30(4)22-13-9-10-15-27(22,36-37)19-11-7-6-8-12-19;1-4-10-9(18)7-12(21-10)17-6-5-11(16-14(17)20)15-13(19)8(2)3;1-15-12-9-5-6-10-13(12,16-17(15)14)11-7-3-2-4-8-11;1-14-12-9-5-6-10-13(12,15)11-7-3-2-4-8-11;1-4-7(5-2)6-3;/h2*14,16,18-22,24H,5-13,15,17H2,1-4H3,(H,28,29,32,33);5-6,8-10,12,18H,4,7H2,1-3H3,(H,15,16,19,20);11-12H,2-10H2,1H3;11-12,14-15H,2-10H2,1H3;4-6H2,1-3H3;1H4/t20-,21?,22+,24-,27+,37+;20-,21?,22+,24-,27+,37-;9?,10-,12-;12-,13-,17?;12-,13+;;/m11101../s1. The fraction of sp³-hybridized carbons (Fsp3) is 0.851. The highest BCUT2D eigenvalue weighted by Crippen LogP contribution is 2.68. The van der Waals surface area contributed by atoms with Gasteiger partial charge in [-0.15, -0.1) is 0 Å². The van der Waals surface area contributed by atoms with Gasteiger partial charge in [0.1, 0.15) is 36.1 Å². The number of hydrogen-bond acceptors (Lipinski definition) is 24. The number of hydrogen-bond donors (Lipinski definition) is 6. The van der Waals surface area contributed by atoms with E-state index in [4.69, 9.17) is 48.1 Å². The molecule has 20 atom stereocenters. The van der Waals surface area contributed by atoms with Crippen molar-refractivity contribution in [2.45, 2.75) is 462 Å². The second-order valence-electron chi connectivity index (χ2n) is 41.5. The molecule has 34 heteroatoms. The van der Waals surface area contributed by atoms with Crippen LogP contribution in [-0.4, -0.2) is 207 Å². The van der Waals surface area contributed by atoms with E-state index in [2.05, 4.69) is 111 Å². The number of aliphatic hydroxyl groups is 2. The Morgan fingerprint density at radius 3 is 1.08 bits per heavy atom. The van der Waals surface area contributed by atoms with Crippen LogP contribution in [0.2, 0.25) is 0 Å². The highest BCUT2D eigenvalue weighted by molar-refractivity contribution is 7.78. The van der Waals surface area contributed by atoms with E-state index in [-0.39, 0.29) is 108 Å². The molecule has 30 nitrogen and oxygen atoms in total. The van der Waals surface area contributed by atoms with Gasteiger partial charge in [0.25, 0.3) is 17.1 Å².